The summed E-state index contributed by atoms with van der Waals surface area (Å²) in [5.74, 6) is 0.450. The summed E-state index contributed by atoms with van der Waals surface area (Å²) < 4.78 is 40.2. The van der Waals surface area contributed by atoms with Crippen LogP contribution in [0.4, 0.5) is 13.2 Å². The number of rotatable bonds is 6. The predicted octanol–water partition coefficient (Wildman–Crippen LogP) is 5.60. The Kier molecular flexibility index (Phi) is 6.65. The summed E-state index contributed by atoms with van der Waals surface area (Å²) in [7, 11) is 0. The second-order valence-corrected chi connectivity index (χ2v) is 8.58. The van der Waals surface area contributed by atoms with Crippen LogP contribution in [-0.4, -0.2) is 32.8 Å². The fraction of sp³-hybridized carbons (Fsp3) is 0.440. The summed E-state index contributed by atoms with van der Waals surface area (Å²) >= 11 is 0. The van der Waals surface area contributed by atoms with E-state index in [1.165, 1.54) is 11.3 Å². The van der Waals surface area contributed by atoms with Gasteiger partial charge in [0, 0.05) is 42.2 Å². The maximum Gasteiger partial charge on any atom is 0.416 e. The second-order valence-electron chi connectivity index (χ2n) is 8.58. The second kappa shape index (κ2) is 9.45. The van der Waals surface area contributed by atoms with Gasteiger partial charge in [-0.2, -0.15) is 18.3 Å². The molecule has 32 heavy (non-hydrogen) atoms. The molecule has 1 aliphatic heterocycles. The van der Waals surface area contributed by atoms with E-state index in [0.29, 0.717) is 12.3 Å². The number of benzene rings is 1. The van der Waals surface area contributed by atoms with Crippen LogP contribution >= 0.6 is 0 Å². The topological polar surface area (TPSA) is 34.0 Å². The highest BCUT2D eigenvalue weighted by atomic mass is 19.4. The number of hydrogen-bond acceptors (Lipinski definition) is 3. The van der Waals surface area contributed by atoms with Crippen molar-refractivity contribution in [1.82, 2.24) is 19.7 Å². The summed E-state index contributed by atoms with van der Waals surface area (Å²) in [5, 5.41) is 4.45. The van der Waals surface area contributed by atoms with Crippen LogP contribution in [-0.2, 0) is 25.7 Å². The van der Waals surface area contributed by atoms with Crippen LogP contribution < -0.4 is 0 Å². The van der Waals surface area contributed by atoms with E-state index in [-0.39, 0.29) is 0 Å². The molecule has 0 amide bonds. The molecule has 2 aromatic heterocycles. The van der Waals surface area contributed by atoms with Gasteiger partial charge in [0.25, 0.3) is 0 Å². The molecular weight excluding hydrogens is 413 g/mol. The van der Waals surface area contributed by atoms with E-state index >= 15 is 0 Å². The molecule has 170 valence electrons. The zero-order valence-corrected chi connectivity index (χ0v) is 18.6. The third-order valence-corrected chi connectivity index (χ3v) is 6.44. The molecule has 0 atom stereocenters. The lowest BCUT2D eigenvalue weighted by Gasteiger charge is -2.31. The van der Waals surface area contributed by atoms with Crippen molar-refractivity contribution in [2.24, 2.45) is 0 Å². The molecule has 0 bridgehead atoms. The molecule has 3 aromatic rings. The Bertz CT molecular complexity index is 1010. The summed E-state index contributed by atoms with van der Waals surface area (Å²) in [4.78, 5) is 7.17. The van der Waals surface area contributed by atoms with Gasteiger partial charge in [-0.3, -0.25) is 14.6 Å². The van der Waals surface area contributed by atoms with Crippen molar-refractivity contribution < 1.29 is 13.2 Å². The van der Waals surface area contributed by atoms with E-state index in [1.54, 1.807) is 12.1 Å². The monoisotopic (exact) mass is 442 g/mol. The first kappa shape index (κ1) is 22.5. The Balaban J connectivity index is 1.30. The third-order valence-electron chi connectivity index (χ3n) is 6.44. The average molecular weight is 443 g/mol. The van der Waals surface area contributed by atoms with Crippen molar-refractivity contribution in [3.05, 3.63) is 82.4 Å². The van der Waals surface area contributed by atoms with E-state index in [4.69, 9.17) is 0 Å². The van der Waals surface area contributed by atoms with Gasteiger partial charge in [-0.05, 0) is 75.5 Å². The standard InChI is InChI=1S/C25H29F3N4/c1-3-32-18(2)22(16-30-32)17-31-12-10-21(11-13-31)24-9-6-20(15-29-24)14-19-4-7-23(8-5-19)25(26,27)28/h4-9,15-16,21H,3,10-14,17H2,1-2H3. The molecule has 3 heterocycles. The Labute approximate surface area is 187 Å². The minimum atomic E-state index is -4.30. The lowest BCUT2D eigenvalue weighted by atomic mass is 9.92. The van der Waals surface area contributed by atoms with Crippen molar-refractivity contribution in [2.75, 3.05) is 13.1 Å². The molecule has 0 saturated carbocycles. The first-order chi connectivity index (χ1) is 15.3. The molecular formula is C25H29F3N4. The molecule has 0 spiro atoms. The number of likely N-dealkylation sites (tertiary alicyclic amines) is 1. The Morgan fingerprint density at radius 1 is 0.969 bits per heavy atom. The molecule has 1 fully saturated rings. The average Bonchev–Trinajstić information content (AvgIpc) is 3.14. The molecule has 0 N–H and O–H groups in total. The third kappa shape index (κ3) is 5.21. The van der Waals surface area contributed by atoms with Crippen molar-refractivity contribution in [2.45, 2.75) is 58.3 Å². The minimum absolute atomic E-state index is 0.450. The van der Waals surface area contributed by atoms with E-state index in [2.05, 4.69) is 41.0 Å². The quantitative estimate of drug-likeness (QED) is 0.499. The van der Waals surface area contributed by atoms with Gasteiger partial charge >= 0.3 is 6.18 Å². The van der Waals surface area contributed by atoms with E-state index in [9.17, 15) is 13.2 Å². The normalized spacial score (nSPS) is 15.9. The van der Waals surface area contributed by atoms with Gasteiger partial charge < -0.3 is 0 Å². The first-order valence-corrected chi connectivity index (χ1v) is 11.2. The highest BCUT2D eigenvalue weighted by Crippen LogP contribution is 2.30. The maximum absolute atomic E-state index is 12.7. The summed E-state index contributed by atoms with van der Waals surface area (Å²) in [5.41, 5.74) is 4.90. The number of aryl methyl sites for hydroxylation is 1. The Hall–Kier alpha value is -2.67. The summed E-state index contributed by atoms with van der Waals surface area (Å²) in [6, 6.07) is 9.49. The van der Waals surface area contributed by atoms with Crippen molar-refractivity contribution in [3.63, 3.8) is 0 Å². The largest absolute Gasteiger partial charge is 0.416 e. The zero-order chi connectivity index (χ0) is 22.7. The predicted molar refractivity (Wildman–Crippen MR) is 118 cm³/mol. The first-order valence-electron chi connectivity index (χ1n) is 11.2. The smallest absolute Gasteiger partial charge is 0.299 e. The molecule has 7 heteroatoms. The van der Waals surface area contributed by atoms with Crippen LogP contribution in [0.2, 0.25) is 0 Å². The van der Waals surface area contributed by atoms with Crippen LogP contribution in [0.25, 0.3) is 0 Å². The molecule has 4 nitrogen and oxygen atoms in total. The molecule has 1 aromatic carbocycles. The molecule has 4 rings (SSSR count). The van der Waals surface area contributed by atoms with E-state index in [0.717, 1.165) is 68.0 Å². The van der Waals surface area contributed by atoms with Crippen LogP contribution in [0.1, 0.15) is 59.3 Å². The molecule has 1 aliphatic rings. The van der Waals surface area contributed by atoms with Gasteiger partial charge in [0.15, 0.2) is 0 Å². The lowest BCUT2D eigenvalue weighted by molar-refractivity contribution is -0.137. The van der Waals surface area contributed by atoms with E-state index < -0.39 is 11.7 Å². The van der Waals surface area contributed by atoms with Crippen molar-refractivity contribution in [3.8, 4) is 0 Å². The van der Waals surface area contributed by atoms with Crippen molar-refractivity contribution >= 4 is 0 Å². The minimum Gasteiger partial charge on any atom is -0.299 e. The Morgan fingerprint density at radius 2 is 1.66 bits per heavy atom. The molecule has 0 aliphatic carbocycles. The van der Waals surface area contributed by atoms with Gasteiger partial charge in [0.2, 0.25) is 0 Å². The van der Waals surface area contributed by atoms with Gasteiger partial charge in [0.05, 0.1) is 11.8 Å². The number of halogens is 3. The number of aromatic nitrogens is 3. The van der Waals surface area contributed by atoms with Crippen molar-refractivity contribution in [1.29, 1.82) is 0 Å². The van der Waals surface area contributed by atoms with Crippen LogP contribution in [0.15, 0.2) is 48.8 Å². The molecule has 1 saturated heterocycles. The maximum atomic E-state index is 12.7. The van der Waals surface area contributed by atoms with Gasteiger partial charge in [-0.15, -0.1) is 0 Å². The van der Waals surface area contributed by atoms with Crippen LogP contribution in [0.3, 0.4) is 0 Å². The Morgan fingerprint density at radius 3 is 2.22 bits per heavy atom. The fourth-order valence-corrected chi connectivity index (χ4v) is 4.42. The van der Waals surface area contributed by atoms with Gasteiger partial charge in [0.1, 0.15) is 0 Å². The van der Waals surface area contributed by atoms with Crippen LogP contribution in [0, 0.1) is 6.92 Å². The van der Waals surface area contributed by atoms with Crippen LogP contribution in [0.5, 0.6) is 0 Å². The van der Waals surface area contributed by atoms with E-state index in [1.807, 2.05) is 17.1 Å². The number of hydrogen-bond donors (Lipinski definition) is 0. The summed E-state index contributed by atoms with van der Waals surface area (Å²) in [6.45, 7) is 8.16. The zero-order valence-electron chi connectivity index (χ0n) is 18.6. The molecule has 0 radical (unpaired) electrons. The number of alkyl halides is 3. The number of pyridine rings is 1. The van der Waals surface area contributed by atoms with Gasteiger partial charge in [-0.25, -0.2) is 0 Å². The number of piperidine rings is 1. The summed E-state index contributed by atoms with van der Waals surface area (Å²) in [6.07, 6.45) is 2.28. The highest BCUT2D eigenvalue weighted by molar-refractivity contribution is 5.29. The highest BCUT2D eigenvalue weighted by Gasteiger charge is 2.30. The lowest BCUT2D eigenvalue weighted by Crippen LogP contribution is -2.32. The van der Waals surface area contributed by atoms with Gasteiger partial charge in [-0.1, -0.05) is 18.2 Å². The fourth-order valence-electron chi connectivity index (χ4n) is 4.42. The SMILES string of the molecule is CCn1ncc(CN2CCC(c3ccc(Cc4ccc(C(F)(F)F)cc4)cn3)CC2)c1C. The number of nitrogens with zero attached hydrogens (tertiary/aromatic N) is 4. The molecule has 0 unspecified atom stereocenters.